The first-order valence-corrected chi connectivity index (χ1v) is 10.1. The third kappa shape index (κ3) is 4.79. The Morgan fingerprint density at radius 2 is 2.08 bits per heavy atom. The van der Waals surface area contributed by atoms with Gasteiger partial charge in [-0.15, -0.1) is 11.3 Å². The first-order chi connectivity index (χ1) is 12.0. The summed E-state index contributed by atoms with van der Waals surface area (Å²) >= 11 is 9.21. The molecular formula is C18H20ClN3OS2. The van der Waals surface area contributed by atoms with E-state index in [9.17, 15) is 4.79 Å². The van der Waals surface area contributed by atoms with E-state index in [2.05, 4.69) is 9.88 Å². The van der Waals surface area contributed by atoms with Crippen LogP contribution in [0.1, 0.15) is 11.3 Å². The van der Waals surface area contributed by atoms with Crippen molar-refractivity contribution in [3.8, 4) is 0 Å². The van der Waals surface area contributed by atoms with E-state index in [0.29, 0.717) is 18.0 Å². The van der Waals surface area contributed by atoms with Crippen LogP contribution in [0.5, 0.6) is 0 Å². The van der Waals surface area contributed by atoms with Crippen LogP contribution in [0.15, 0.2) is 35.7 Å². The molecule has 0 radical (unpaired) electrons. The molecular weight excluding hydrogens is 374 g/mol. The molecule has 0 saturated carbocycles. The number of anilines is 1. The monoisotopic (exact) mass is 393 g/mol. The molecule has 4 nitrogen and oxygen atoms in total. The number of thiazole rings is 1. The van der Waals surface area contributed by atoms with Crippen LogP contribution in [0.2, 0.25) is 5.02 Å². The number of nitrogens with zero attached hydrogens (tertiary/aromatic N) is 3. The van der Waals surface area contributed by atoms with E-state index in [-0.39, 0.29) is 5.91 Å². The number of carbonyl (C=O) groups is 1. The second-order valence-corrected chi connectivity index (χ2v) is 8.54. The van der Waals surface area contributed by atoms with Crippen LogP contribution < -0.4 is 4.90 Å². The van der Waals surface area contributed by atoms with Crippen LogP contribution in [0.4, 0.5) is 5.13 Å². The van der Waals surface area contributed by atoms with Crippen molar-refractivity contribution in [2.45, 2.75) is 12.8 Å². The van der Waals surface area contributed by atoms with E-state index in [1.165, 1.54) is 11.3 Å². The molecule has 2 heterocycles. The lowest BCUT2D eigenvalue weighted by molar-refractivity contribution is -0.118. The van der Waals surface area contributed by atoms with Gasteiger partial charge in [-0.05, 0) is 56.7 Å². The first kappa shape index (κ1) is 18.3. The number of hydrogen-bond acceptors (Lipinski definition) is 5. The minimum absolute atomic E-state index is 0.0892. The largest absolute Gasteiger partial charge is 0.309 e. The molecule has 0 saturated heterocycles. The number of aromatic nitrogens is 1. The number of carbonyl (C=O) groups excluding carboxylic acids is 1. The summed E-state index contributed by atoms with van der Waals surface area (Å²) in [5.74, 6) is 0.0892. The molecule has 0 atom stereocenters. The highest BCUT2D eigenvalue weighted by atomic mass is 35.5. The molecule has 0 spiro atoms. The summed E-state index contributed by atoms with van der Waals surface area (Å²) in [5, 5.41) is 3.43. The van der Waals surface area contributed by atoms with Gasteiger partial charge in [-0.1, -0.05) is 29.0 Å². The average Bonchev–Trinajstić information content (AvgIpc) is 3.19. The van der Waals surface area contributed by atoms with E-state index in [0.717, 1.165) is 33.2 Å². The summed E-state index contributed by atoms with van der Waals surface area (Å²) in [5.41, 5.74) is 0.880. The van der Waals surface area contributed by atoms with Gasteiger partial charge < -0.3 is 4.90 Å². The molecule has 3 rings (SSSR count). The maximum Gasteiger partial charge on any atom is 0.234 e. The quantitative estimate of drug-likeness (QED) is 0.591. The van der Waals surface area contributed by atoms with Crippen LogP contribution in [-0.2, 0) is 11.2 Å². The summed E-state index contributed by atoms with van der Waals surface area (Å²) < 4.78 is 1.00. The van der Waals surface area contributed by atoms with Gasteiger partial charge in [-0.3, -0.25) is 9.69 Å². The number of benzene rings is 1. The summed E-state index contributed by atoms with van der Waals surface area (Å²) in [6.45, 7) is 1.59. The molecule has 1 amide bonds. The van der Waals surface area contributed by atoms with E-state index < -0.39 is 0 Å². The van der Waals surface area contributed by atoms with Gasteiger partial charge >= 0.3 is 0 Å². The summed E-state index contributed by atoms with van der Waals surface area (Å²) in [6.07, 6.45) is 1.32. The molecule has 0 aliphatic heterocycles. The zero-order valence-corrected chi connectivity index (χ0v) is 16.6. The van der Waals surface area contributed by atoms with Gasteiger partial charge in [-0.25, -0.2) is 4.98 Å². The number of fused-ring (bicyclic) bond motifs is 1. The van der Waals surface area contributed by atoms with Crippen molar-refractivity contribution in [3.63, 3.8) is 0 Å². The minimum Gasteiger partial charge on any atom is -0.309 e. The summed E-state index contributed by atoms with van der Waals surface area (Å²) in [4.78, 5) is 22.6. The van der Waals surface area contributed by atoms with Crippen molar-refractivity contribution in [2.24, 2.45) is 0 Å². The molecule has 7 heteroatoms. The van der Waals surface area contributed by atoms with Crippen LogP contribution in [0.3, 0.4) is 0 Å². The Kier molecular flexibility index (Phi) is 6.06. The van der Waals surface area contributed by atoms with Crippen LogP contribution in [0.25, 0.3) is 10.2 Å². The van der Waals surface area contributed by atoms with Gasteiger partial charge in [0.25, 0.3) is 0 Å². The fourth-order valence-corrected chi connectivity index (χ4v) is 4.51. The van der Waals surface area contributed by atoms with Gasteiger partial charge in [0, 0.05) is 16.4 Å². The van der Waals surface area contributed by atoms with Crippen LogP contribution >= 0.6 is 34.3 Å². The smallest absolute Gasteiger partial charge is 0.234 e. The van der Waals surface area contributed by atoms with E-state index in [1.807, 2.05) is 54.7 Å². The molecule has 25 heavy (non-hydrogen) atoms. The van der Waals surface area contributed by atoms with Gasteiger partial charge in [0.15, 0.2) is 5.13 Å². The molecule has 2 aromatic heterocycles. The highest BCUT2D eigenvalue weighted by Gasteiger charge is 2.20. The van der Waals surface area contributed by atoms with Crippen LogP contribution in [-0.4, -0.2) is 43.0 Å². The van der Waals surface area contributed by atoms with Crippen LogP contribution in [0, 0.1) is 0 Å². The molecule has 0 bridgehead atoms. The van der Waals surface area contributed by atoms with Crippen molar-refractivity contribution < 1.29 is 4.79 Å². The molecule has 0 aliphatic carbocycles. The Labute approximate surface area is 160 Å². The maximum atomic E-state index is 12.9. The second-order valence-electron chi connectivity index (χ2n) is 6.07. The van der Waals surface area contributed by atoms with Gasteiger partial charge in [0.05, 0.1) is 16.6 Å². The Hall–Kier alpha value is -1.47. The molecule has 132 valence electrons. The third-order valence-electron chi connectivity index (χ3n) is 3.76. The molecule has 0 unspecified atom stereocenters. The average molecular weight is 394 g/mol. The summed E-state index contributed by atoms with van der Waals surface area (Å²) in [7, 11) is 4.08. The van der Waals surface area contributed by atoms with Crippen molar-refractivity contribution in [1.29, 1.82) is 0 Å². The number of hydrogen-bond donors (Lipinski definition) is 0. The molecule has 0 N–H and O–H groups in total. The number of thiophene rings is 1. The molecule has 1 aromatic carbocycles. The fraction of sp³-hybridized carbons (Fsp3) is 0.333. The third-order valence-corrected chi connectivity index (χ3v) is 5.92. The summed E-state index contributed by atoms with van der Waals surface area (Å²) in [6, 6.07) is 9.61. The highest BCUT2D eigenvalue weighted by Crippen LogP contribution is 2.31. The fourth-order valence-electron chi connectivity index (χ4n) is 2.53. The highest BCUT2D eigenvalue weighted by molar-refractivity contribution is 7.22. The van der Waals surface area contributed by atoms with Gasteiger partial charge in [0.2, 0.25) is 5.91 Å². The van der Waals surface area contributed by atoms with E-state index >= 15 is 0 Å². The Bertz CT molecular complexity index is 845. The van der Waals surface area contributed by atoms with Crippen molar-refractivity contribution in [3.05, 3.63) is 45.6 Å². The minimum atomic E-state index is 0.0892. The van der Waals surface area contributed by atoms with Gasteiger partial charge in [0.1, 0.15) is 0 Å². The predicted octanol–water partition coefficient (Wildman–Crippen LogP) is 4.54. The molecule has 0 fully saturated rings. The standard InChI is InChI=1S/C18H20ClN3OS2/c1-21(2)8-4-9-22(17(23)12-14-5-3-10-24-14)18-20-15-7-6-13(19)11-16(15)25-18/h3,5-7,10-11H,4,8-9,12H2,1-2H3. The maximum absolute atomic E-state index is 12.9. The molecule has 0 aliphatic rings. The normalized spacial score (nSPS) is 11.4. The van der Waals surface area contributed by atoms with E-state index in [4.69, 9.17) is 11.6 Å². The SMILES string of the molecule is CN(C)CCCN(C(=O)Cc1cccs1)c1nc2ccc(Cl)cc2s1. The van der Waals surface area contributed by atoms with Gasteiger partial charge in [-0.2, -0.15) is 0 Å². The Balaban J connectivity index is 1.84. The first-order valence-electron chi connectivity index (χ1n) is 8.06. The topological polar surface area (TPSA) is 36.4 Å². The Morgan fingerprint density at radius 3 is 2.80 bits per heavy atom. The lowest BCUT2D eigenvalue weighted by atomic mass is 10.3. The zero-order valence-electron chi connectivity index (χ0n) is 14.2. The van der Waals surface area contributed by atoms with E-state index in [1.54, 1.807) is 11.3 Å². The number of halogens is 1. The lowest BCUT2D eigenvalue weighted by Gasteiger charge is -2.20. The zero-order chi connectivity index (χ0) is 17.8. The Morgan fingerprint density at radius 1 is 1.24 bits per heavy atom. The van der Waals surface area contributed by atoms with Crippen molar-refractivity contribution in [1.82, 2.24) is 9.88 Å². The number of amides is 1. The molecule has 3 aromatic rings. The predicted molar refractivity (Wildman–Crippen MR) is 108 cm³/mol. The van der Waals surface area contributed by atoms with Crippen molar-refractivity contribution in [2.75, 3.05) is 32.1 Å². The lowest BCUT2D eigenvalue weighted by Crippen LogP contribution is -2.34. The number of rotatable bonds is 7. The second kappa shape index (κ2) is 8.27. The van der Waals surface area contributed by atoms with Crippen molar-refractivity contribution >= 4 is 55.5 Å².